The number of fused-ring (bicyclic) bond motifs is 1. The Hall–Kier alpha value is -5.06. The van der Waals surface area contributed by atoms with Crippen LogP contribution in [0.4, 0.5) is 10.5 Å². The van der Waals surface area contributed by atoms with E-state index in [1.807, 2.05) is 70.2 Å². The average Bonchev–Trinajstić information content (AvgIpc) is 4.02. The standard InChI is InChI=1S/C51H77N7O9/c1-12-31(4)43(56(9)49(63)42(30(2)3)55-48(62)44-35-26-37(27-35)58(44)50(64)67-51(6,7)8)40(65-10)28-41(59)57-24-16-19-39(57)45(66-11)32(5)46(60)54-38(25-33-17-14-13-15-18-33)47(61)53-36-22-20-34(29-52)21-23-36/h13-15,17-18,20-23,30-32,35,37-40,42-45H,12,16,19,24-29,52H2,1-11H3,(H,53,61)(H,54,60)(H,55,62)/t31-,32+,35?,37?,38-,39-,40+,42-,43-,44?,45+/m0/s1. The quantitative estimate of drug-likeness (QED) is 0.128. The van der Waals surface area contributed by atoms with Crippen LogP contribution < -0.4 is 21.7 Å². The Bertz CT molecular complexity index is 2000. The summed E-state index contributed by atoms with van der Waals surface area (Å²) in [7, 11) is 4.76. The molecule has 4 fully saturated rings. The molecule has 0 spiro atoms. The first-order chi connectivity index (χ1) is 31.7. The lowest BCUT2D eigenvalue weighted by atomic mass is 9.82. The molecule has 1 aliphatic carbocycles. The topological polar surface area (TPSA) is 202 Å². The fraction of sp³-hybridized carbons (Fsp3) is 0.647. The molecule has 4 aliphatic rings. The summed E-state index contributed by atoms with van der Waals surface area (Å²) < 4.78 is 17.8. The van der Waals surface area contributed by atoms with Gasteiger partial charge in [-0.1, -0.05) is 83.5 Å². The zero-order chi connectivity index (χ0) is 49.3. The number of ether oxygens (including phenoxy) is 3. The number of hydrogen-bond donors (Lipinski definition) is 4. The number of carbonyl (C=O) groups is 6. The minimum absolute atomic E-state index is 0.00606. The van der Waals surface area contributed by atoms with Crippen LogP contribution in [-0.2, 0) is 51.1 Å². The molecule has 2 aromatic rings. The Morgan fingerprint density at radius 2 is 1.54 bits per heavy atom. The highest BCUT2D eigenvalue weighted by Crippen LogP contribution is 2.46. The molecule has 6 amide bonds. The first kappa shape index (κ1) is 52.9. The van der Waals surface area contributed by atoms with Crippen LogP contribution in [0.1, 0.15) is 105 Å². The number of nitrogens with one attached hydrogen (secondary N) is 3. The van der Waals surface area contributed by atoms with Crippen molar-refractivity contribution in [2.45, 2.75) is 161 Å². The summed E-state index contributed by atoms with van der Waals surface area (Å²) in [6, 6.07) is 13.1. The predicted octanol–water partition coefficient (Wildman–Crippen LogP) is 5.27. The molecule has 3 saturated heterocycles. The van der Waals surface area contributed by atoms with Crippen LogP contribution in [0.25, 0.3) is 0 Å². The van der Waals surface area contributed by atoms with E-state index >= 15 is 0 Å². The van der Waals surface area contributed by atoms with Gasteiger partial charge < -0.3 is 45.7 Å². The van der Waals surface area contributed by atoms with E-state index in [1.54, 1.807) is 61.6 Å². The lowest BCUT2D eigenvalue weighted by Gasteiger charge is -2.41. The van der Waals surface area contributed by atoms with Crippen LogP contribution >= 0.6 is 0 Å². The minimum atomic E-state index is -0.909. The molecule has 1 unspecified atom stereocenters. The van der Waals surface area contributed by atoms with E-state index in [0.717, 1.165) is 11.1 Å². The molecule has 0 radical (unpaired) electrons. The Kier molecular flexibility index (Phi) is 18.4. The van der Waals surface area contributed by atoms with E-state index in [9.17, 15) is 28.8 Å². The predicted molar refractivity (Wildman–Crippen MR) is 256 cm³/mol. The molecule has 1 saturated carbocycles. The van der Waals surface area contributed by atoms with Crippen molar-refractivity contribution < 1.29 is 43.0 Å². The Morgan fingerprint density at radius 1 is 0.881 bits per heavy atom. The third-order valence-electron chi connectivity index (χ3n) is 14.0. The summed E-state index contributed by atoms with van der Waals surface area (Å²) in [5, 5.41) is 8.94. The molecule has 67 heavy (non-hydrogen) atoms. The molecule has 16 heteroatoms. The Morgan fingerprint density at radius 3 is 2.10 bits per heavy atom. The maximum Gasteiger partial charge on any atom is 0.411 e. The Labute approximate surface area is 397 Å². The highest BCUT2D eigenvalue weighted by Gasteiger charge is 2.57. The molecule has 3 heterocycles. The van der Waals surface area contributed by atoms with Crippen molar-refractivity contribution in [3.63, 3.8) is 0 Å². The first-order valence-corrected chi connectivity index (χ1v) is 24.1. The van der Waals surface area contributed by atoms with Gasteiger partial charge in [-0.15, -0.1) is 0 Å². The molecule has 16 nitrogen and oxygen atoms in total. The number of likely N-dealkylation sites (tertiary alicyclic amines) is 1. The molecule has 5 N–H and O–H groups in total. The van der Waals surface area contributed by atoms with Crippen molar-refractivity contribution in [1.82, 2.24) is 25.3 Å². The summed E-state index contributed by atoms with van der Waals surface area (Å²) in [5.74, 6) is -2.81. The molecule has 370 valence electrons. The fourth-order valence-corrected chi connectivity index (χ4v) is 10.1. The first-order valence-electron chi connectivity index (χ1n) is 24.1. The van der Waals surface area contributed by atoms with Crippen molar-refractivity contribution >= 4 is 41.3 Å². The van der Waals surface area contributed by atoms with Crippen LogP contribution in [0, 0.1) is 23.7 Å². The van der Waals surface area contributed by atoms with Crippen LogP contribution in [0.3, 0.4) is 0 Å². The summed E-state index contributed by atoms with van der Waals surface area (Å²) in [6.45, 7) is 15.7. The molecule has 0 aromatic heterocycles. The van der Waals surface area contributed by atoms with E-state index in [2.05, 4.69) is 16.0 Å². The third-order valence-corrected chi connectivity index (χ3v) is 14.0. The number of nitrogens with two attached hydrogens (primary N) is 1. The number of benzene rings is 2. The van der Waals surface area contributed by atoms with Crippen molar-refractivity contribution in [3.8, 4) is 0 Å². The number of carbonyl (C=O) groups excluding carboxylic acids is 6. The van der Waals surface area contributed by atoms with Gasteiger partial charge in [-0.3, -0.25) is 28.9 Å². The second-order valence-electron chi connectivity index (χ2n) is 20.2. The number of likely N-dealkylation sites (N-methyl/N-ethyl adjacent to an activating group) is 1. The van der Waals surface area contributed by atoms with E-state index in [0.29, 0.717) is 50.9 Å². The number of rotatable bonds is 21. The molecule has 9 atom stereocenters. The van der Waals surface area contributed by atoms with Crippen LogP contribution in [0.15, 0.2) is 54.6 Å². The number of anilines is 1. The maximum absolute atomic E-state index is 14.6. The van der Waals surface area contributed by atoms with Gasteiger partial charge in [0.05, 0.1) is 36.6 Å². The van der Waals surface area contributed by atoms with E-state index in [4.69, 9.17) is 19.9 Å². The number of nitrogens with zero attached hydrogens (tertiary/aromatic N) is 3. The highest BCUT2D eigenvalue weighted by atomic mass is 16.6. The number of amides is 6. The summed E-state index contributed by atoms with van der Waals surface area (Å²) in [5.41, 5.74) is 7.41. The van der Waals surface area contributed by atoms with Gasteiger partial charge in [-0.05, 0) is 87.5 Å². The van der Waals surface area contributed by atoms with Crippen molar-refractivity contribution in [2.24, 2.45) is 29.4 Å². The summed E-state index contributed by atoms with van der Waals surface area (Å²) in [6.07, 6.45) is 1.68. The van der Waals surface area contributed by atoms with E-state index < -0.39 is 60.0 Å². The summed E-state index contributed by atoms with van der Waals surface area (Å²) in [4.78, 5) is 89.2. The van der Waals surface area contributed by atoms with Gasteiger partial charge >= 0.3 is 6.09 Å². The number of methoxy groups -OCH3 is 2. The maximum atomic E-state index is 14.6. The fourth-order valence-electron chi connectivity index (χ4n) is 10.1. The zero-order valence-corrected chi connectivity index (χ0v) is 41.6. The Balaban J connectivity index is 1.28. The third kappa shape index (κ3) is 12.9. The molecule has 2 bridgehead atoms. The van der Waals surface area contributed by atoms with Crippen LogP contribution in [0.5, 0.6) is 0 Å². The van der Waals surface area contributed by atoms with Gasteiger partial charge in [0.1, 0.15) is 23.7 Å². The second kappa shape index (κ2) is 23.3. The number of hydrogen-bond acceptors (Lipinski definition) is 10. The van der Waals surface area contributed by atoms with Gasteiger partial charge in [0.25, 0.3) is 0 Å². The monoisotopic (exact) mass is 932 g/mol. The normalized spacial score (nSPS) is 22.1. The highest BCUT2D eigenvalue weighted by molar-refractivity contribution is 5.98. The SMILES string of the molecule is CC[C@H](C)[C@@H]([C@@H](CC(=O)N1CCC[C@H]1[C@H](OC)[C@@H](C)C(=O)N[C@@H](Cc1ccccc1)C(=O)Nc1ccc(CN)cc1)OC)N(C)C(=O)[C@@H](NC(=O)C1C2CC(C2)N1C(=O)OC(C)(C)C)C(C)C. The zero-order valence-electron chi connectivity index (χ0n) is 41.6. The van der Waals surface area contributed by atoms with E-state index in [-0.39, 0.29) is 66.2 Å². The van der Waals surface area contributed by atoms with Crippen molar-refractivity contribution in [2.75, 3.05) is 33.1 Å². The molecule has 6 rings (SSSR count). The lowest BCUT2D eigenvalue weighted by Crippen LogP contribution is -2.59. The van der Waals surface area contributed by atoms with Crippen LogP contribution in [0.2, 0.25) is 0 Å². The molecular weight excluding hydrogens is 855 g/mol. The van der Waals surface area contributed by atoms with Crippen molar-refractivity contribution in [1.29, 1.82) is 0 Å². The molecular formula is C51H77N7O9. The van der Waals surface area contributed by atoms with E-state index in [1.165, 1.54) is 14.2 Å². The minimum Gasteiger partial charge on any atom is -0.444 e. The van der Waals surface area contributed by atoms with Gasteiger partial charge in [0.2, 0.25) is 29.5 Å². The lowest BCUT2D eigenvalue weighted by molar-refractivity contribution is -0.148. The van der Waals surface area contributed by atoms with Gasteiger partial charge in [0, 0.05) is 52.5 Å². The van der Waals surface area contributed by atoms with Gasteiger partial charge in [-0.25, -0.2) is 4.79 Å². The van der Waals surface area contributed by atoms with Gasteiger partial charge in [0.15, 0.2) is 0 Å². The second-order valence-corrected chi connectivity index (χ2v) is 20.2. The van der Waals surface area contributed by atoms with Crippen molar-refractivity contribution in [3.05, 3.63) is 65.7 Å². The largest absolute Gasteiger partial charge is 0.444 e. The summed E-state index contributed by atoms with van der Waals surface area (Å²) >= 11 is 0. The molecule has 2 aromatic carbocycles. The van der Waals surface area contributed by atoms with Gasteiger partial charge in [-0.2, -0.15) is 0 Å². The smallest absolute Gasteiger partial charge is 0.411 e. The van der Waals surface area contributed by atoms with Crippen LogP contribution in [-0.4, -0.2) is 132 Å². The average molecular weight is 932 g/mol. The molecule has 3 aliphatic heterocycles.